The van der Waals surface area contributed by atoms with Crippen molar-refractivity contribution < 1.29 is 17.6 Å². The number of anilines is 2. The summed E-state index contributed by atoms with van der Waals surface area (Å²) < 4.78 is 41.0. The van der Waals surface area contributed by atoms with Gasteiger partial charge in [0, 0.05) is 42.2 Å². The highest BCUT2D eigenvalue weighted by Gasteiger charge is 2.27. The largest absolute Gasteiger partial charge is 0.322 e. The zero-order valence-corrected chi connectivity index (χ0v) is 17.0. The van der Waals surface area contributed by atoms with E-state index in [0.717, 1.165) is 0 Å². The second kappa shape index (κ2) is 8.02. The standard InChI is InChI=1S/C20H16ClFN4O3S/c21-18-6-3-15(12-17(18)19-11-14(22)7-8-23-19)25-20(27)13-1-4-16(5-2-13)26-10-9-24-30(26,28)29/h1-8,11-12,24H,9-10H2,(H,25,27). The topological polar surface area (TPSA) is 91.4 Å². The fourth-order valence-electron chi connectivity index (χ4n) is 3.08. The van der Waals surface area contributed by atoms with Crippen molar-refractivity contribution in [1.82, 2.24) is 9.71 Å². The van der Waals surface area contributed by atoms with Crippen LogP contribution in [0.15, 0.2) is 60.8 Å². The number of hydrogen-bond donors (Lipinski definition) is 2. The smallest absolute Gasteiger partial charge is 0.301 e. The molecule has 1 aliphatic heterocycles. The maximum absolute atomic E-state index is 13.5. The summed E-state index contributed by atoms with van der Waals surface area (Å²) in [5, 5.41) is 3.12. The van der Waals surface area contributed by atoms with Crippen LogP contribution in [0.5, 0.6) is 0 Å². The first-order valence-corrected chi connectivity index (χ1v) is 10.8. The van der Waals surface area contributed by atoms with Crippen LogP contribution < -0.4 is 14.3 Å². The summed E-state index contributed by atoms with van der Waals surface area (Å²) in [5.41, 5.74) is 2.11. The number of carbonyl (C=O) groups is 1. The van der Waals surface area contributed by atoms with Crippen LogP contribution in [-0.2, 0) is 10.2 Å². The van der Waals surface area contributed by atoms with Gasteiger partial charge in [-0.15, -0.1) is 0 Å². The van der Waals surface area contributed by atoms with E-state index in [0.29, 0.717) is 46.3 Å². The van der Waals surface area contributed by atoms with E-state index in [1.54, 1.807) is 42.5 Å². The average Bonchev–Trinajstić information content (AvgIpc) is 3.08. The maximum atomic E-state index is 13.5. The Bertz CT molecular complexity index is 1220. The molecule has 30 heavy (non-hydrogen) atoms. The normalized spacial score (nSPS) is 15.2. The Morgan fingerprint density at radius 2 is 1.90 bits per heavy atom. The fourth-order valence-corrected chi connectivity index (χ4v) is 4.53. The Kier molecular flexibility index (Phi) is 5.42. The number of nitrogens with zero attached hydrogens (tertiary/aromatic N) is 2. The van der Waals surface area contributed by atoms with Crippen LogP contribution in [0.3, 0.4) is 0 Å². The predicted octanol–water partition coefficient (Wildman–Crippen LogP) is 3.45. The zero-order valence-electron chi connectivity index (χ0n) is 15.5. The predicted molar refractivity (Wildman–Crippen MR) is 113 cm³/mol. The van der Waals surface area contributed by atoms with Crippen molar-refractivity contribution in [3.05, 3.63) is 77.2 Å². The molecule has 1 aromatic heterocycles. The highest BCUT2D eigenvalue weighted by Crippen LogP contribution is 2.30. The lowest BCUT2D eigenvalue weighted by Gasteiger charge is -2.16. The summed E-state index contributed by atoms with van der Waals surface area (Å²) in [4.78, 5) is 16.7. The van der Waals surface area contributed by atoms with Crippen LogP contribution in [0.25, 0.3) is 11.3 Å². The summed E-state index contributed by atoms with van der Waals surface area (Å²) >= 11 is 6.21. The lowest BCUT2D eigenvalue weighted by molar-refractivity contribution is 0.102. The first-order valence-electron chi connectivity index (χ1n) is 8.94. The molecule has 7 nitrogen and oxygen atoms in total. The van der Waals surface area contributed by atoms with Crippen LogP contribution in [0, 0.1) is 5.82 Å². The second-order valence-electron chi connectivity index (χ2n) is 6.53. The molecule has 2 aromatic carbocycles. The third-order valence-electron chi connectivity index (χ3n) is 4.53. The molecular formula is C20H16ClFN4O3S. The molecule has 3 aromatic rings. The van der Waals surface area contributed by atoms with Gasteiger partial charge in [-0.25, -0.2) is 4.39 Å². The summed E-state index contributed by atoms with van der Waals surface area (Å²) in [5.74, 6) is -0.828. The van der Waals surface area contributed by atoms with E-state index in [1.165, 1.54) is 22.6 Å². The van der Waals surface area contributed by atoms with Crippen LogP contribution in [0.4, 0.5) is 15.8 Å². The summed E-state index contributed by atoms with van der Waals surface area (Å²) in [6.45, 7) is 0.666. The van der Waals surface area contributed by atoms with Gasteiger partial charge < -0.3 is 5.32 Å². The number of amides is 1. The molecule has 154 valence electrons. The average molecular weight is 447 g/mol. The van der Waals surface area contributed by atoms with Crippen molar-refractivity contribution in [3.8, 4) is 11.3 Å². The van der Waals surface area contributed by atoms with E-state index in [9.17, 15) is 17.6 Å². The minimum absolute atomic E-state index is 0.329. The number of rotatable bonds is 4. The molecule has 0 spiro atoms. The summed E-state index contributed by atoms with van der Waals surface area (Å²) in [6.07, 6.45) is 1.34. The van der Waals surface area contributed by atoms with Crippen molar-refractivity contribution in [3.63, 3.8) is 0 Å². The van der Waals surface area contributed by atoms with Gasteiger partial charge in [-0.2, -0.15) is 13.1 Å². The highest BCUT2D eigenvalue weighted by molar-refractivity contribution is 7.91. The SMILES string of the molecule is O=C(Nc1ccc(Cl)c(-c2cc(F)ccn2)c1)c1ccc(N2CCNS2(=O)=O)cc1. The number of pyridine rings is 1. The van der Waals surface area contributed by atoms with E-state index in [4.69, 9.17) is 11.6 Å². The van der Waals surface area contributed by atoms with Gasteiger partial charge in [-0.05, 0) is 48.5 Å². The van der Waals surface area contributed by atoms with Gasteiger partial charge in [0.25, 0.3) is 5.91 Å². The zero-order chi connectivity index (χ0) is 21.3. The van der Waals surface area contributed by atoms with E-state index in [1.807, 2.05) is 0 Å². The quantitative estimate of drug-likeness (QED) is 0.642. The molecule has 0 saturated carbocycles. The number of benzene rings is 2. The van der Waals surface area contributed by atoms with E-state index >= 15 is 0 Å². The van der Waals surface area contributed by atoms with Crippen molar-refractivity contribution in [2.75, 3.05) is 22.7 Å². The number of halogens is 2. The molecule has 1 amide bonds. The molecule has 0 bridgehead atoms. The first-order chi connectivity index (χ1) is 14.3. The molecule has 1 aliphatic rings. The Labute approximate surface area is 177 Å². The number of hydrogen-bond acceptors (Lipinski definition) is 4. The van der Waals surface area contributed by atoms with Crippen LogP contribution >= 0.6 is 11.6 Å². The minimum Gasteiger partial charge on any atom is -0.322 e. The van der Waals surface area contributed by atoms with Gasteiger partial charge in [0.05, 0.1) is 16.4 Å². The van der Waals surface area contributed by atoms with Gasteiger partial charge in [-0.3, -0.25) is 14.1 Å². The molecule has 2 heterocycles. The Morgan fingerprint density at radius 3 is 2.57 bits per heavy atom. The van der Waals surface area contributed by atoms with Crippen LogP contribution in [0.2, 0.25) is 5.02 Å². The monoisotopic (exact) mass is 446 g/mol. The third kappa shape index (κ3) is 4.13. The molecule has 0 unspecified atom stereocenters. The number of carbonyl (C=O) groups excluding carboxylic acids is 1. The maximum Gasteiger partial charge on any atom is 0.301 e. The minimum atomic E-state index is -3.52. The van der Waals surface area contributed by atoms with Crippen molar-refractivity contribution in [1.29, 1.82) is 0 Å². The van der Waals surface area contributed by atoms with Crippen LogP contribution in [0.1, 0.15) is 10.4 Å². The lowest BCUT2D eigenvalue weighted by Crippen LogP contribution is -2.29. The van der Waals surface area contributed by atoms with Gasteiger partial charge in [0.15, 0.2) is 0 Å². The molecule has 1 saturated heterocycles. The van der Waals surface area contributed by atoms with Crippen molar-refractivity contribution in [2.24, 2.45) is 0 Å². The van der Waals surface area contributed by atoms with Crippen LogP contribution in [-0.4, -0.2) is 32.4 Å². The summed E-state index contributed by atoms with van der Waals surface area (Å²) in [6, 6.07) is 13.6. The lowest BCUT2D eigenvalue weighted by atomic mass is 10.1. The highest BCUT2D eigenvalue weighted by atomic mass is 35.5. The number of aromatic nitrogens is 1. The van der Waals surface area contributed by atoms with E-state index in [-0.39, 0.29) is 5.91 Å². The molecular weight excluding hydrogens is 431 g/mol. The van der Waals surface area contributed by atoms with Gasteiger partial charge in [0.2, 0.25) is 0 Å². The first kappa shape index (κ1) is 20.3. The van der Waals surface area contributed by atoms with Crippen molar-refractivity contribution in [2.45, 2.75) is 0 Å². The molecule has 0 aliphatic carbocycles. The fraction of sp³-hybridized carbons (Fsp3) is 0.100. The molecule has 1 fully saturated rings. The molecule has 2 N–H and O–H groups in total. The Balaban J connectivity index is 1.54. The van der Waals surface area contributed by atoms with Gasteiger partial charge in [-0.1, -0.05) is 11.6 Å². The molecule has 0 radical (unpaired) electrons. The second-order valence-corrected chi connectivity index (χ2v) is 8.61. The Morgan fingerprint density at radius 1 is 1.13 bits per heavy atom. The van der Waals surface area contributed by atoms with E-state index < -0.39 is 16.0 Å². The third-order valence-corrected chi connectivity index (χ3v) is 6.40. The molecule has 4 rings (SSSR count). The molecule has 0 atom stereocenters. The summed E-state index contributed by atoms with van der Waals surface area (Å²) in [7, 11) is -3.52. The Hall–Kier alpha value is -3.01. The van der Waals surface area contributed by atoms with Gasteiger partial charge in [0.1, 0.15) is 5.82 Å². The van der Waals surface area contributed by atoms with Gasteiger partial charge >= 0.3 is 10.2 Å². The molecule has 10 heteroatoms. The van der Waals surface area contributed by atoms with E-state index in [2.05, 4.69) is 15.0 Å². The number of nitrogens with one attached hydrogen (secondary N) is 2. The van der Waals surface area contributed by atoms with Crippen molar-refractivity contribution >= 4 is 39.1 Å².